The minimum atomic E-state index is -0.788. The summed E-state index contributed by atoms with van der Waals surface area (Å²) in [5.41, 5.74) is 0. The van der Waals surface area contributed by atoms with E-state index < -0.39 is 22.6 Å². The summed E-state index contributed by atoms with van der Waals surface area (Å²) in [6, 6.07) is -0.668. The van der Waals surface area contributed by atoms with Crippen LogP contribution in [-0.4, -0.2) is 81.1 Å². The molecule has 5 atom stereocenters. The Balaban J connectivity index is 1.82. The highest BCUT2D eigenvalue weighted by Crippen LogP contribution is 2.60. The van der Waals surface area contributed by atoms with Crippen LogP contribution in [0.25, 0.3) is 0 Å². The van der Waals surface area contributed by atoms with Crippen LogP contribution in [0.5, 0.6) is 0 Å². The van der Waals surface area contributed by atoms with Gasteiger partial charge in [-0.25, -0.2) is 0 Å². The van der Waals surface area contributed by atoms with Gasteiger partial charge in [0.05, 0.1) is 16.6 Å². The van der Waals surface area contributed by atoms with E-state index in [0.29, 0.717) is 19.5 Å². The Morgan fingerprint density at radius 3 is 2.79 bits per heavy atom. The molecular formula is C20H26N2O5S. The van der Waals surface area contributed by atoms with Gasteiger partial charge in [0.15, 0.2) is 0 Å². The van der Waals surface area contributed by atoms with Crippen molar-refractivity contribution in [1.29, 1.82) is 0 Å². The van der Waals surface area contributed by atoms with E-state index in [0.717, 1.165) is 0 Å². The molecule has 4 aliphatic rings. The fraction of sp³-hybridized carbons (Fsp3) is 0.650. The third kappa shape index (κ3) is 2.72. The largest absolute Gasteiger partial charge is 0.461 e. The number of fused-ring (bicyclic) bond motifs is 2. The molecular weight excluding hydrogens is 380 g/mol. The first-order chi connectivity index (χ1) is 13.4. The standard InChI is InChI=1S/C20H26N2O5S/c1-12(2)21-8-4-7-20-15(14-13(28-20)6-3-11-27-19(14)26)17(24)22(9-5-10-23)16(20)18(21)25/h3-4,6-7,12-16,23H,5,8-11H2,1-2H3/t13-,14+,15-,16?,20-/m0/s1. The maximum absolute atomic E-state index is 13.6. The summed E-state index contributed by atoms with van der Waals surface area (Å²) >= 11 is 1.54. The molecule has 4 rings (SSSR count). The van der Waals surface area contributed by atoms with E-state index in [1.165, 1.54) is 11.8 Å². The number of rotatable bonds is 4. The lowest BCUT2D eigenvalue weighted by Crippen LogP contribution is -2.54. The van der Waals surface area contributed by atoms with E-state index in [9.17, 15) is 19.5 Å². The number of carbonyl (C=O) groups excluding carboxylic acids is 3. The van der Waals surface area contributed by atoms with Crippen molar-refractivity contribution in [3.63, 3.8) is 0 Å². The highest BCUT2D eigenvalue weighted by atomic mass is 32.2. The summed E-state index contributed by atoms with van der Waals surface area (Å²) in [5.74, 6) is -1.87. The third-order valence-electron chi connectivity index (χ3n) is 6.13. The predicted octanol–water partition coefficient (Wildman–Crippen LogP) is 0.586. The van der Waals surface area contributed by atoms with Gasteiger partial charge in [-0.1, -0.05) is 24.3 Å². The lowest BCUT2D eigenvalue weighted by Gasteiger charge is -2.36. The molecule has 152 valence electrons. The highest BCUT2D eigenvalue weighted by molar-refractivity contribution is 8.02. The van der Waals surface area contributed by atoms with Gasteiger partial charge < -0.3 is 19.6 Å². The van der Waals surface area contributed by atoms with Crippen LogP contribution in [0.2, 0.25) is 0 Å². The normalized spacial score (nSPS) is 36.9. The number of likely N-dealkylation sites (tertiary alicyclic amines) is 1. The monoisotopic (exact) mass is 406 g/mol. The van der Waals surface area contributed by atoms with Crippen LogP contribution in [0, 0.1) is 11.8 Å². The molecule has 0 radical (unpaired) electrons. The molecule has 0 aliphatic carbocycles. The topological polar surface area (TPSA) is 87.2 Å². The molecule has 2 fully saturated rings. The maximum atomic E-state index is 13.6. The zero-order valence-corrected chi connectivity index (χ0v) is 16.9. The van der Waals surface area contributed by atoms with Gasteiger partial charge in [-0.2, -0.15) is 0 Å². The van der Waals surface area contributed by atoms with Gasteiger partial charge in [-0.15, -0.1) is 11.8 Å². The molecule has 7 nitrogen and oxygen atoms in total. The minimum Gasteiger partial charge on any atom is -0.461 e. The Kier molecular flexibility index (Phi) is 5.03. The quantitative estimate of drug-likeness (QED) is 0.543. The number of aliphatic hydroxyl groups excluding tert-OH is 1. The number of carbonyl (C=O) groups is 3. The van der Waals surface area contributed by atoms with Gasteiger partial charge in [0.2, 0.25) is 11.8 Å². The molecule has 1 unspecified atom stereocenters. The van der Waals surface area contributed by atoms with Crippen molar-refractivity contribution < 1.29 is 24.2 Å². The first-order valence-electron chi connectivity index (χ1n) is 9.83. The summed E-state index contributed by atoms with van der Waals surface area (Å²) in [6.07, 6.45) is 8.10. The van der Waals surface area contributed by atoms with Gasteiger partial charge in [0.25, 0.3) is 0 Å². The van der Waals surface area contributed by atoms with Crippen LogP contribution in [0.1, 0.15) is 20.3 Å². The van der Waals surface area contributed by atoms with Gasteiger partial charge in [0.1, 0.15) is 12.6 Å². The zero-order valence-electron chi connectivity index (χ0n) is 16.1. The van der Waals surface area contributed by atoms with E-state index in [2.05, 4.69) is 0 Å². The molecule has 4 aliphatic heterocycles. The first kappa shape index (κ1) is 19.5. The number of thioether (sulfide) groups is 1. The molecule has 0 bridgehead atoms. The highest BCUT2D eigenvalue weighted by Gasteiger charge is 2.71. The number of hydrogen-bond acceptors (Lipinski definition) is 6. The Labute approximate surface area is 168 Å². The van der Waals surface area contributed by atoms with Crippen LogP contribution >= 0.6 is 11.8 Å². The second-order valence-electron chi connectivity index (χ2n) is 8.00. The second kappa shape index (κ2) is 7.22. The number of esters is 1. The summed E-state index contributed by atoms with van der Waals surface area (Å²) < 4.78 is 4.53. The van der Waals surface area contributed by atoms with Gasteiger partial charge in [0, 0.05) is 31.0 Å². The van der Waals surface area contributed by atoms with Crippen molar-refractivity contribution in [1.82, 2.24) is 9.80 Å². The van der Waals surface area contributed by atoms with Gasteiger partial charge in [-0.05, 0) is 20.3 Å². The van der Waals surface area contributed by atoms with E-state index >= 15 is 0 Å². The summed E-state index contributed by atoms with van der Waals surface area (Å²) in [6.45, 7) is 4.86. The van der Waals surface area contributed by atoms with Crippen molar-refractivity contribution in [3.05, 3.63) is 24.3 Å². The van der Waals surface area contributed by atoms with Crippen LogP contribution in [0.3, 0.4) is 0 Å². The maximum Gasteiger partial charge on any atom is 0.311 e. The molecule has 1 N–H and O–H groups in total. The fourth-order valence-corrected chi connectivity index (χ4v) is 6.93. The van der Waals surface area contributed by atoms with Crippen LogP contribution in [0.4, 0.5) is 0 Å². The van der Waals surface area contributed by atoms with Gasteiger partial charge in [-0.3, -0.25) is 14.4 Å². The van der Waals surface area contributed by atoms with Crippen LogP contribution in [-0.2, 0) is 19.1 Å². The molecule has 4 heterocycles. The van der Waals surface area contributed by atoms with Gasteiger partial charge >= 0.3 is 5.97 Å². The molecule has 2 saturated heterocycles. The Hall–Kier alpha value is -1.80. The van der Waals surface area contributed by atoms with E-state index in [4.69, 9.17) is 4.74 Å². The Bertz CT molecular complexity index is 751. The molecule has 2 amide bonds. The minimum absolute atomic E-state index is 0.00267. The van der Waals surface area contributed by atoms with Crippen molar-refractivity contribution in [2.45, 2.75) is 42.3 Å². The molecule has 1 spiro atoms. The number of cyclic esters (lactones) is 1. The van der Waals surface area contributed by atoms with E-state index in [1.54, 1.807) is 9.80 Å². The lowest BCUT2D eigenvalue weighted by molar-refractivity contribution is -0.151. The smallest absolute Gasteiger partial charge is 0.311 e. The predicted molar refractivity (Wildman–Crippen MR) is 104 cm³/mol. The number of hydrogen-bond donors (Lipinski definition) is 1. The first-order valence-corrected chi connectivity index (χ1v) is 10.7. The fourth-order valence-electron chi connectivity index (χ4n) is 4.93. The second-order valence-corrected chi connectivity index (χ2v) is 9.48. The summed E-state index contributed by atoms with van der Waals surface area (Å²) in [5, 5.41) is 9.12. The van der Waals surface area contributed by atoms with E-state index in [-0.39, 0.29) is 42.3 Å². The lowest BCUT2D eigenvalue weighted by atomic mass is 9.78. The van der Waals surface area contributed by atoms with Crippen LogP contribution < -0.4 is 0 Å². The molecule has 8 heteroatoms. The van der Waals surface area contributed by atoms with Crippen molar-refractivity contribution in [2.24, 2.45) is 11.8 Å². The number of ether oxygens (including phenoxy) is 1. The zero-order chi connectivity index (χ0) is 20.1. The molecule has 0 aromatic carbocycles. The molecule has 0 aromatic heterocycles. The van der Waals surface area contributed by atoms with Crippen molar-refractivity contribution in [2.75, 3.05) is 26.3 Å². The van der Waals surface area contributed by atoms with Crippen molar-refractivity contribution in [3.8, 4) is 0 Å². The Morgan fingerprint density at radius 1 is 1.29 bits per heavy atom. The SMILES string of the molecule is CC(C)N1CC=C[C@]23S[C@H]4C=CCOC(=O)[C@H]4[C@H]2C(=O)N(CCCO)C3C1=O. The average molecular weight is 407 g/mol. The molecule has 0 aromatic rings. The summed E-state index contributed by atoms with van der Waals surface area (Å²) in [4.78, 5) is 43.1. The summed E-state index contributed by atoms with van der Waals surface area (Å²) in [7, 11) is 0. The average Bonchev–Trinajstić information content (AvgIpc) is 2.94. The molecule has 0 saturated carbocycles. The Morgan fingerprint density at radius 2 is 2.07 bits per heavy atom. The number of amides is 2. The molecule has 28 heavy (non-hydrogen) atoms. The third-order valence-corrected chi connectivity index (χ3v) is 7.87. The van der Waals surface area contributed by atoms with E-state index in [1.807, 2.05) is 38.2 Å². The van der Waals surface area contributed by atoms with Crippen LogP contribution in [0.15, 0.2) is 24.3 Å². The number of aliphatic hydroxyl groups is 1. The number of nitrogens with zero attached hydrogens (tertiary/aromatic N) is 2. The van der Waals surface area contributed by atoms with Crippen molar-refractivity contribution >= 4 is 29.5 Å².